The number of aromatic nitrogens is 2. The molecule has 3 heterocycles. The molecule has 3 aliphatic rings. The summed E-state index contributed by atoms with van der Waals surface area (Å²) in [5.74, 6) is 0.477. The molecule has 5 rings (SSSR count). The van der Waals surface area contributed by atoms with Crippen molar-refractivity contribution in [2.45, 2.75) is 50.3 Å². The summed E-state index contributed by atoms with van der Waals surface area (Å²) in [6.07, 6.45) is 4.31. The third-order valence-corrected chi connectivity index (χ3v) is 8.76. The van der Waals surface area contributed by atoms with E-state index in [4.69, 9.17) is 0 Å². The molecule has 1 aromatic heterocycles. The second kappa shape index (κ2) is 10.3. The number of piperazine rings is 1. The molecule has 204 valence electrons. The maximum Gasteiger partial charge on any atom is 0.407 e. The maximum absolute atomic E-state index is 14.0. The van der Waals surface area contributed by atoms with Gasteiger partial charge in [-0.3, -0.25) is 9.36 Å². The van der Waals surface area contributed by atoms with Crippen molar-refractivity contribution in [1.82, 2.24) is 24.3 Å². The van der Waals surface area contributed by atoms with Crippen molar-refractivity contribution < 1.29 is 19.8 Å². The second-order valence-corrected chi connectivity index (χ2v) is 10.8. The number of urea groups is 1. The number of nitrogens with zero attached hydrogens (tertiary/aromatic N) is 5. The number of aliphatic hydroxyl groups is 1. The van der Waals surface area contributed by atoms with Crippen LogP contribution in [0.1, 0.15) is 43.7 Å². The molecule has 1 spiro atoms. The van der Waals surface area contributed by atoms with Gasteiger partial charge in [-0.2, -0.15) is 0 Å². The van der Waals surface area contributed by atoms with Crippen molar-refractivity contribution in [1.29, 1.82) is 0 Å². The van der Waals surface area contributed by atoms with Crippen LogP contribution >= 0.6 is 0 Å². The molecular formula is C27H36N6O5. The molecule has 1 saturated carbocycles. The lowest BCUT2D eigenvalue weighted by Crippen LogP contribution is -2.64. The minimum atomic E-state index is -1.15. The van der Waals surface area contributed by atoms with Crippen LogP contribution in [-0.4, -0.2) is 92.0 Å². The predicted molar refractivity (Wildman–Crippen MR) is 141 cm³/mol. The van der Waals surface area contributed by atoms with Crippen molar-refractivity contribution in [3.8, 4) is 0 Å². The van der Waals surface area contributed by atoms with Gasteiger partial charge in [-0.1, -0.05) is 43.2 Å². The number of benzene rings is 1. The third-order valence-electron chi connectivity index (χ3n) is 8.76. The number of carboxylic acid groups (broad SMARTS) is 1. The van der Waals surface area contributed by atoms with Crippen LogP contribution in [0.3, 0.4) is 0 Å². The first kappa shape index (κ1) is 26.0. The van der Waals surface area contributed by atoms with Crippen LogP contribution < -0.4 is 10.9 Å². The quantitative estimate of drug-likeness (QED) is 0.560. The molecule has 1 aliphatic carbocycles. The van der Waals surface area contributed by atoms with Gasteiger partial charge in [-0.05, 0) is 24.8 Å². The number of piperidine rings is 1. The zero-order chi connectivity index (χ0) is 26.9. The maximum atomic E-state index is 14.0. The molecule has 11 heteroatoms. The van der Waals surface area contributed by atoms with E-state index in [-0.39, 0.29) is 37.3 Å². The lowest BCUT2D eigenvalue weighted by molar-refractivity contribution is -0.137. The number of carbonyl (C=O) groups is 2. The van der Waals surface area contributed by atoms with E-state index in [1.165, 1.54) is 21.9 Å². The summed E-state index contributed by atoms with van der Waals surface area (Å²) in [5, 5.41) is 24.5. The summed E-state index contributed by atoms with van der Waals surface area (Å²) in [4.78, 5) is 47.6. The highest BCUT2D eigenvalue weighted by molar-refractivity contribution is 5.76. The van der Waals surface area contributed by atoms with E-state index in [2.05, 4.69) is 10.3 Å². The van der Waals surface area contributed by atoms with Gasteiger partial charge in [-0.15, -0.1) is 0 Å². The molecule has 2 aliphatic heterocycles. The van der Waals surface area contributed by atoms with Crippen LogP contribution in [0.25, 0.3) is 0 Å². The van der Waals surface area contributed by atoms with Gasteiger partial charge in [-0.25, -0.2) is 14.6 Å². The van der Waals surface area contributed by atoms with E-state index >= 15 is 0 Å². The molecule has 2 atom stereocenters. The van der Waals surface area contributed by atoms with Gasteiger partial charge in [0.15, 0.2) is 0 Å². The summed E-state index contributed by atoms with van der Waals surface area (Å²) in [6, 6.07) is 10.4. The number of hydrogen-bond donors (Lipinski definition) is 3. The van der Waals surface area contributed by atoms with Gasteiger partial charge in [0.1, 0.15) is 5.82 Å². The summed E-state index contributed by atoms with van der Waals surface area (Å²) in [6.45, 7) is 1.67. The van der Waals surface area contributed by atoms with Gasteiger partial charge in [0, 0.05) is 51.3 Å². The molecule has 0 radical (unpaired) electrons. The van der Waals surface area contributed by atoms with E-state index in [0.29, 0.717) is 31.9 Å². The normalized spacial score (nSPS) is 25.0. The third kappa shape index (κ3) is 4.70. The summed E-state index contributed by atoms with van der Waals surface area (Å²) >= 11 is 0. The van der Waals surface area contributed by atoms with Crippen LogP contribution in [0.4, 0.5) is 15.4 Å². The van der Waals surface area contributed by atoms with Crippen LogP contribution in [-0.2, 0) is 6.54 Å². The highest BCUT2D eigenvalue weighted by Gasteiger charge is 2.56. The Morgan fingerprint density at radius 2 is 1.82 bits per heavy atom. The van der Waals surface area contributed by atoms with Crippen molar-refractivity contribution in [2.24, 2.45) is 5.41 Å². The van der Waals surface area contributed by atoms with E-state index < -0.39 is 17.1 Å². The number of nitrogens with one attached hydrogen (secondary N) is 1. The Morgan fingerprint density at radius 3 is 2.47 bits per heavy atom. The summed E-state index contributed by atoms with van der Waals surface area (Å²) < 4.78 is 1.47. The number of hydrogen-bond acceptors (Lipinski definition) is 6. The van der Waals surface area contributed by atoms with Gasteiger partial charge in [0.2, 0.25) is 0 Å². The number of likely N-dealkylation sites (tertiary alicyclic amines) is 1. The monoisotopic (exact) mass is 524 g/mol. The van der Waals surface area contributed by atoms with Gasteiger partial charge in [0.25, 0.3) is 5.56 Å². The molecule has 2 saturated heterocycles. The van der Waals surface area contributed by atoms with Crippen molar-refractivity contribution in [3.05, 3.63) is 58.6 Å². The van der Waals surface area contributed by atoms with Gasteiger partial charge in [0.05, 0.1) is 24.5 Å². The lowest BCUT2D eigenvalue weighted by atomic mass is 9.66. The molecule has 0 bridgehead atoms. The largest absolute Gasteiger partial charge is 0.465 e. The molecule has 38 heavy (non-hydrogen) atoms. The highest BCUT2D eigenvalue weighted by Crippen LogP contribution is 2.51. The van der Waals surface area contributed by atoms with Crippen LogP contribution in [0, 0.1) is 5.41 Å². The topological polar surface area (TPSA) is 131 Å². The Bertz CT molecular complexity index is 1230. The number of anilines is 1. The smallest absolute Gasteiger partial charge is 0.407 e. The minimum Gasteiger partial charge on any atom is -0.465 e. The molecule has 3 fully saturated rings. The van der Waals surface area contributed by atoms with Crippen molar-refractivity contribution in [2.75, 3.05) is 45.1 Å². The Labute approximate surface area is 221 Å². The molecule has 0 unspecified atom stereocenters. The second-order valence-electron chi connectivity index (χ2n) is 10.8. The molecule has 3 N–H and O–H groups in total. The SMILES string of the molecule is CNc1cc(=O)n(C[C@]2(O)CCN(C(=O)N3CCN(C(=O)O)C[C@H]3c3ccccc3)CC23CCCC3)cn1. The van der Waals surface area contributed by atoms with E-state index in [1.807, 2.05) is 35.2 Å². The molecular weight excluding hydrogens is 488 g/mol. The van der Waals surface area contributed by atoms with Crippen LogP contribution in [0.5, 0.6) is 0 Å². The zero-order valence-electron chi connectivity index (χ0n) is 21.8. The number of amides is 3. The van der Waals surface area contributed by atoms with Crippen LogP contribution in [0.2, 0.25) is 0 Å². The minimum absolute atomic E-state index is 0.130. The Kier molecular flexibility index (Phi) is 7.04. The Hall–Kier alpha value is -3.60. The van der Waals surface area contributed by atoms with Crippen molar-refractivity contribution >= 4 is 17.9 Å². The average Bonchev–Trinajstić information content (AvgIpc) is 3.41. The van der Waals surface area contributed by atoms with E-state index in [9.17, 15) is 24.6 Å². The number of rotatable bonds is 4. The Balaban J connectivity index is 1.38. The average molecular weight is 525 g/mol. The van der Waals surface area contributed by atoms with Crippen molar-refractivity contribution in [3.63, 3.8) is 0 Å². The first-order chi connectivity index (χ1) is 18.2. The predicted octanol–water partition coefficient (Wildman–Crippen LogP) is 2.44. The zero-order valence-corrected chi connectivity index (χ0v) is 21.8. The molecule has 11 nitrogen and oxygen atoms in total. The lowest BCUT2D eigenvalue weighted by Gasteiger charge is -2.53. The van der Waals surface area contributed by atoms with E-state index in [0.717, 1.165) is 31.2 Å². The standard InChI is InChI=1S/C27H36N6O5/c1-28-22-15-23(34)32(19-29-22)18-27(38)11-12-31(17-26(27)9-5-6-10-26)24(35)33-14-13-30(25(36)37)16-21(33)20-7-3-2-4-8-20/h2-4,7-8,15,19,21,28,38H,5-6,9-14,16-18H2,1H3,(H,36,37)/t21-,27+/m0/s1. The van der Waals surface area contributed by atoms with E-state index in [1.54, 1.807) is 11.9 Å². The fourth-order valence-corrected chi connectivity index (χ4v) is 6.55. The summed E-state index contributed by atoms with van der Waals surface area (Å²) in [5.41, 5.74) is -1.000. The fraction of sp³-hybridized carbons (Fsp3) is 0.556. The van der Waals surface area contributed by atoms with Gasteiger partial charge >= 0.3 is 12.1 Å². The van der Waals surface area contributed by atoms with Gasteiger partial charge < -0.3 is 30.2 Å². The summed E-state index contributed by atoms with van der Waals surface area (Å²) in [7, 11) is 1.70. The fourth-order valence-electron chi connectivity index (χ4n) is 6.55. The molecule has 1 aromatic carbocycles. The molecule has 3 amide bonds. The first-order valence-electron chi connectivity index (χ1n) is 13.3. The highest BCUT2D eigenvalue weighted by atomic mass is 16.4. The number of carbonyl (C=O) groups excluding carboxylic acids is 1. The van der Waals surface area contributed by atoms with Crippen LogP contribution in [0.15, 0.2) is 47.5 Å². The first-order valence-corrected chi connectivity index (χ1v) is 13.3. The molecule has 2 aromatic rings. The Morgan fingerprint density at radius 1 is 1.08 bits per heavy atom.